The molecular formula is C23H24N4O5. The van der Waals surface area contributed by atoms with E-state index in [0.717, 1.165) is 11.1 Å². The Bertz CT molecular complexity index is 1110. The van der Waals surface area contributed by atoms with Crippen LogP contribution < -0.4 is 10.1 Å². The van der Waals surface area contributed by atoms with Crippen molar-refractivity contribution in [2.75, 3.05) is 11.9 Å². The van der Waals surface area contributed by atoms with E-state index in [2.05, 4.69) is 15.3 Å². The van der Waals surface area contributed by atoms with Crippen LogP contribution in [0.5, 0.6) is 11.6 Å². The standard InChI is InChI=1S/C23H24N4O5/c1-14(2)12-31-23(28)17-5-7-18(8-6-17)26-21-20(27(29)30)22(25-13-24-21)32-19-10-15(3)9-16(4)11-19/h5-11,13-14H,12H2,1-4H3,(H,24,25,26). The second-order valence-corrected chi connectivity index (χ2v) is 7.75. The minimum absolute atomic E-state index is 0.0282. The molecule has 0 atom stereocenters. The Morgan fingerprint density at radius 1 is 1.09 bits per heavy atom. The van der Waals surface area contributed by atoms with E-state index in [0.29, 0.717) is 23.6 Å². The predicted molar refractivity (Wildman–Crippen MR) is 120 cm³/mol. The van der Waals surface area contributed by atoms with Crippen molar-refractivity contribution >= 4 is 23.2 Å². The van der Waals surface area contributed by atoms with E-state index in [4.69, 9.17) is 9.47 Å². The Morgan fingerprint density at radius 2 is 1.75 bits per heavy atom. The Kier molecular flexibility index (Phi) is 6.99. The minimum atomic E-state index is -0.599. The second kappa shape index (κ2) is 9.86. The van der Waals surface area contributed by atoms with Crippen LogP contribution in [-0.2, 0) is 4.74 Å². The molecule has 0 aliphatic carbocycles. The summed E-state index contributed by atoms with van der Waals surface area (Å²) < 4.78 is 10.9. The predicted octanol–water partition coefficient (Wildman–Crippen LogP) is 5.35. The molecule has 166 valence electrons. The van der Waals surface area contributed by atoms with Crippen LogP contribution in [0.4, 0.5) is 17.2 Å². The largest absolute Gasteiger partial charge is 0.462 e. The van der Waals surface area contributed by atoms with Crippen LogP contribution in [0.1, 0.15) is 35.3 Å². The summed E-state index contributed by atoms with van der Waals surface area (Å²) in [5.41, 5.74) is 2.41. The number of nitrogens with one attached hydrogen (secondary N) is 1. The van der Waals surface area contributed by atoms with Crippen molar-refractivity contribution in [3.63, 3.8) is 0 Å². The van der Waals surface area contributed by atoms with Gasteiger partial charge in [-0.1, -0.05) is 19.9 Å². The number of rotatable bonds is 8. The lowest BCUT2D eigenvalue weighted by Gasteiger charge is -2.11. The third-order valence-corrected chi connectivity index (χ3v) is 4.31. The summed E-state index contributed by atoms with van der Waals surface area (Å²) in [7, 11) is 0. The van der Waals surface area contributed by atoms with Gasteiger partial charge in [0.25, 0.3) is 0 Å². The number of hydrogen-bond acceptors (Lipinski definition) is 8. The normalized spacial score (nSPS) is 10.7. The number of ether oxygens (including phenoxy) is 2. The average molecular weight is 436 g/mol. The summed E-state index contributed by atoms with van der Waals surface area (Å²) in [6.45, 7) is 8.04. The van der Waals surface area contributed by atoms with E-state index < -0.39 is 16.6 Å². The van der Waals surface area contributed by atoms with Crippen molar-refractivity contribution in [3.8, 4) is 11.6 Å². The summed E-state index contributed by atoms with van der Waals surface area (Å²) in [6, 6.07) is 11.9. The van der Waals surface area contributed by atoms with E-state index in [-0.39, 0.29) is 17.6 Å². The van der Waals surface area contributed by atoms with Crippen LogP contribution in [-0.4, -0.2) is 27.5 Å². The highest BCUT2D eigenvalue weighted by Crippen LogP contribution is 2.35. The first-order valence-electron chi connectivity index (χ1n) is 10.0. The number of anilines is 2. The monoisotopic (exact) mass is 436 g/mol. The molecule has 32 heavy (non-hydrogen) atoms. The fourth-order valence-corrected chi connectivity index (χ4v) is 2.95. The van der Waals surface area contributed by atoms with Gasteiger partial charge in [-0.2, -0.15) is 4.98 Å². The number of esters is 1. The van der Waals surface area contributed by atoms with Gasteiger partial charge in [-0.05, 0) is 67.3 Å². The Labute approximate surface area is 185 Å². The molecule has 0 radical (unpaired) electrons. The maximum absolute atomic E-state index is 12.1. The maximum atomic E-state index is 12.1. The van der Waals surface area contributed by atoms with Crippen LogP contribution in [0.15, 0.2) is 48.8 Å². The van der Waals surface area contributed by atoms with Gasteiger partial charge in [-0.15, -0.1) is 0 Å². The van der Waals surface area contributed by atoms with E-state index in [9.17, 15) is 14.9 Å². The van der Waals surface area contributed by atoms with E-state index in [1.807, 2.05) is 33.8 Å². The number of aromatic nitrogens is 2. The molecule has 1 aromatic heterocycles. The molecule has 0 fully saturated rings. The van der Waals surface area contributed by atoms with E-state index in [1.54, 1.807) is 36.4 Å². The van der Waals surface area contributed by atoms with Crippen molar-refractivity contribution in [1.29, 1.82) is 0 Å². The molecular weight excluding hydrogens is 412 g/mol. The summed E-state index contributed by atoms with van der Waals surface area (Å²) in [5.74, 6) is 0.0474. The van der Waals surface area contributed by atoms with Crippen molar-refractivity contribution in [2.45, 2.75) is 27.7 Å². The maximum Gasteiger partial charge on any atom is 0.373 e. The number of carbonyl (C=O) groups is 1. The van der Waals surface area contributed by atoms with Gasteiger partial charge in [0.1, 0.15) is 12.1 Å². The molecule has 1 N–H and O–H groups in total. The molecule has 0 aliphatic heterocycles. The quantitative estimate of drug-likeness (QED) is 0.285. The molecule has 0 amide bonds. The van der Waals surface area contributed by atoms with Gasteiger partial charge < -0.3 is 14.8 Å². The molecule has 0 saturated carbocycles. The van der Waals surface area contributed by atoms with Gasteiger partial charge in [0.2, 0.25) is 5.82 Å². The average Bonchev–Trinajstić information content (AvgIpc) is 2.71. The Hall–Kier alpha value is -4.01. The Morgan fingerprint density at radius 3 is 2.34 bits per heavy atom. The lowest BCUT2D eigenvalue weighted by Crippen LogP contribution is -2.10. The van der Waals surface area contributed by atoms with Crippen molar-refractivity contribution in [2.24, 2.45) is 5.92 Å². The molecule has 9 heteroatoms. The number of benzene rings is 2. The molecule has 2 aromatic carbocycles. The molecule has 0 bridgehead atoms. The summed E-state index contributed by atoms with van der Waals surface area (Å²) >= 11 is 0. The fourth-order valence-electron chi connectivity index (χ4n) is 2.95. The highest BCUT2D eigenvalue weighted by atomic mass is 16.6. The van der Waals surface area contributed by atoms with Gasteiger partial charge in [0.05, 0.1) is 17.1 Å². The minimum Gasteiger partial charge on any atom is -0.462 e. The Balaban J connectivity index is 1.83. The zero-order valence-corrected chi connectivity index (χ0v) is 18.3. The van der Waals surface area contributed by atoms with Crippen LogP contribution in [0.25, 0.3) is 0 Å². The topological polar surface area (TPSA) is 116 Å². The van der Waals surface area contributed by atoms with E-state index >= 15 is 0 Å². The van der Waals surface area contributed by atoms with Crippen LogP contribution in [0, 0.1) is 29.9 Å². The zero-order valence-electron chi connectivity index (χ0n) is 18.3. The van der Waals surface area contributed by atoms with Crippen molar-refractivity contribution in [1.82, 2.24) is 9.97 Å². The third kappa shape index (κ3) is 5.78. The number of hydrogen-bond donors (Lipinski definition) is 1. The zero-order chi connectivity index (χ0) is 23.3. The van der Waals surface area contributed by atoms with Gasteiger partial charge >= 0.3 is 17.5 Å². The van der Waals surface area contributed by atoms with Crippen LogP contribution in [0.2, 0.25) is 0 Å². The molecule has 3 aromatic rings. The van der Waals surface area contributed by atoms with Gasteiger partial charge in [0, 0.05) is 5.69 Å². The van der Waals surface area contributed by atoms with Crippen LogP contribution in [0.3, 0.4) is 0 Å². The fraction of sp³-hybridized carbons (Fsp3) is 0.261. The lowest BCUT2D eigenvalue weighted by atomic mass is 10.1. The number of nitro groups is 1. The second-order valence-electron chi connectivity index (χ2n) is 7.75. The number of aryl methyl sites for hydroxylation is 2. The summed E-state index contributed by atoms with van der Waals surface area (Å²) in [6.07, 6.45) is 1.19. The third-order valence-electron chi connectivity index (χ3n) is 4.31. The molecule has 0 spiro atoms. The molecule has 3 rings (SSSR count). The molecule has 0 unspecified atom stereocenters. The van der Waals surface area contributed by atoms with Gasteiger partial charge in [-0.25, -0.2) is 9.78 Å². The smallest absolute Gasteiger partial charge is 0.373 e. The van der Waals surface area contributed by atoms with Gasteiger partial charge in [-0.3, -0.25) is 10.1 Å². The van der Waals surface area contributed by atoms with Gasteiger partial charge in [0.15, 0.2) is 0 Å². The SMILES string of the molecule is Cc1cc(C)cc(Oc2ncnc(Nc3ccc(C(=O)OCC(C)C)cc3)c2[N+](=O)[O-])c1. The number of carbonyl (C=O) groups excluding carboxylic acids is 1. The molecule has 9 nitrogen and oxygen atoms in total. The highest BCUT2D eigenvalue weighted by Gasteiger charge is 2.25. The number of nitrogens with zero attached hydrogens (tertiary/aromatic N) is 3. The lowest BCUT2D eigenvalue weighted by molar-refractivity contribution is -0.385. The first kappa shape index (κ1) is 22.7. The molecule has 0 aliphatic rings. The van der Waals surface area contributed by atoms with Crippen LogP contribution >= 0.6 is 0 Å². The van der Waals surface area contributed by atoms with E-state index in [1.165, 1.54) is 6.33 Å². The van der Waals surface area contributed by atoms with Crippen molar-refractivity contribution in [3.05, 3.63) is 75.6 Å². The summed E-state index contributed by atoms with van der Waals surface area (Å²) in [5, 5.41) is 14.7. The first-order valence-corrected chi connectivity index (χ1v) is 10.0. The highest BCUT2D eigenvalue weighted by molar-refractivity contribution is 5.90. The molecule has 0 saturated heterocycles. The summed E-state index contributed by atoms with van der Waals surface area (Å²) in [4.78, 5) is 31.2. The molecule has 1 heterocycles. The first-order chi connectivity index (χ1) is 15.2. The van der Waals surface area contributed by atoms with Crippen molar-refractivity contribution < 1.29 is 19.2 Å².